The predicted molar refractivity (Wildman–Crippen MR) is 83.3 cm³/mol. The Bertz CT molecular complexity index is 649. The Kier molecular flexibility index (Phi) is 8.03. The van der Waals surface area contributed by atoms with Gasteiger partial charge in [-0.2, -0.15) is 0 Å². The minimum Gasteiger partial charge on any atom is -0.481 e. The zero-order valence-electron chi connectivity index (χ0n) is 12.6. The lowest BCUT2D eigenvalue weighted by atomic mass is 9.96. The molecule has 13 heteroatoms. The number of carboxylic acids is 3. The number of anilines is 2. The van der Waals surface area contributed by atoms with Crippen molar-refractivity contribution in [2.75, 3.05) is 11.5 Å². The SMILES string of the molecule is Nc1ccccc1N.O=C(O)CC(CC(=O)O)(OP(=O)(O)O)C(=O)O. The molecule has 0 aliphatic carbocycles. The summed E-state index contributed by atoms with van der Waals surface area (Å²) in [6, 6.07) is 7.25. The fourth-order valence-electron chi connectivity index (χ4n) is 1.54. The Labute approximate surface area is 140 Å². The quantitative estimate of drug-likeness (QED) is 0.239. The fraction of sp³-hybridized carbons (Fsp3) is 0.250. The second kappa shape index (κ2) is 8.99. The monoisotopic (exact) mass is 380 g/mol. The summed E-state index contributed by atoms with van der Waals surface area (Å²) in [5.41, 5.74) is 9.06. The van der Waals surface area contributed by atoms with Crippen LogP contribution in [0.25, 0.3) is 0 Å². The molecule has 140 valence electrons. The topological polar surface area (TPSA) is 231 Å². The summed E-state index contributed by atoms with van der Waals surface area (Å²) in [7, 11) is -5.36. The van der Waals surface area contributed by atoms with Gasteiger partial charge in [-0.25, -0.2) is 9.36 Å². The van der Waals surface area contributed by atoms with Gasteiger partial charge in [0.1, 0.15) is 0 Å². The molecule has 12 nitrogen and oxygen atoms in total. The lowest BCUT2D eigenvalue weighted by Gasteiger charge is -2.26. The van der Waals surface area contributed by atoms with Gasteiger partial charge in [-0.1, -0.05) is 12.1 Å². The molecule has 0 aliphatic rings. The van der Waals surface area contributed by atoms with E-state index < -0.39 is 44.2 Å². The molecule has 0 fully saturated rings. The molecule has 1 aromatic rings. The summed E-state index contributed by atoms with van der Waals surface area (Å²) >= 11 is 0. The molecular weight excluding hydrogens is 363 g/mol. The molecule has 0 heterocycles. The van der Waals surface area contributed by atoms with Crippen LogP contribution >= 0.6 is 7.82 Å². The number of nitrogens with two attached hydrogens (primary N) is 2. The normalized spacial score (nSPS) is 11.1. The van der Waals surface area contributed by atoms with Crippen LogP contribution in [0.1, 0.15) is 12.8 Å². The zero-order valence-corrected chi connectivity index (χ0v) is 13.5. The molecule has 0 saturated heterocycles. The number of para-hydroxylation sites is 2. The van der Waals surface area contributed by atoms with E-state index >= 15 is 0 Å². The number of phosphoric ester groups is 1. The summed E-state index contributed by atoms with van der Waals surface area (Å²) < 4.78 is 14.4. The van der Waals surface area contributed by atoms with Crippen LogP contribution in [0.3, 0.4) is 0 Å². The molecule has 0 bridgehead atoms. The Morgan fingerprint density at radius 2 is 1.32 bits per heavy atom. The lowest BCUT2D eigenvalue weighted by Crippen LogP contribution is -2.44. The van der Waals surface area contributed by atoms with Crippen molar-refractivity contribution in [1.82, 2.24) is 0 Å². The van der Waals surface area contributed by atoms with Crippen molar-refractivity contribution < 1.29 is 48.6 Å². The summed E-state index contributed by atoms with van der Waals surface area (Å²) in [6.07, 6.45) is -2.81. The second-order valence-corrected chi connectivity index (χ2v) is 5.81. The number of carbonyl (C=O) groups is 3. The van der Waals surface area contributed by atoms with E-state index in [1.807, 2.05) is 12.1 Å². The predicted octanol–water partition coefficient (Wildman–Crippen LogP) is -0.281. The van der Waals surface area contributed by atoms with Crippen LogP contribution < -0.4 is 11.5 Å². The van der Waals surface area contributed by atoms with Crippen molar-refractivity contribution in [3.63, 3.8) is 0 Å². The maximum Gasteiger partial charge on any atom is 0.470 e. The molecule has 25 heavy (non-hydrogen) atoms. The zero-order chi connectivity index (χ0) is 19.8. The maximum atomic E-state index is 10.8. The van der Waals surface area contributed by atoms with Crippen LogP contribution in [0.4, 0.5) is 11.4 Å². The van der Waals surface area contributed by atoms with E-state index in [1.165, 1.54) is 0 Å². The first-order chi connectivity index (χ1) is 11.3. The van der Waals surface area contributed by atoms with Crippen molar-refractivity contribution in [3.05, 3.63) is 24.3 Å². The maximum absolute atomic E-state index is 10.8. The summed E-state index contributed by atoms with van der Waals surface area (Å²) in [5, 5.41) is 25.5. The standard InChI is InChI=1S/C6H8N2.C6H9O10P/c7-5-3-1-2-4-6(5)8;7-3(8)1-6(5(11)12,2-4(9)10)16-17(13,14)15/h1-4H,7-8H2;1-2H2,(H,7,8)(H,9,10)(H,11,12)(H2,13,14,15). The van der Waals surface area contributed by atoms with E-state index in [4.69, 9.17) is 36.6 Å². The van der Waals surface area contributed by atoms with Crippen molar-refractivity contribution in [3.8, 4) is 0 Å². The first kappa shape index (κ1) is 22.3. The molecule has 0 spiro atoms. The van der Waals surface area contributed by atoms with Gasteiger partial charge in [0.25, 0.3) is 0 Å². The third-order valence-corrected chi connectivity index (χ3v) is 3.14. The second-order valence-electron chi connectivity index (χ2n) is 4.65. The number of phosphoric acid groups is 1. The Morgan fingerprint density at radius 1 is 0.960 bits per heavy atom. The molecule has 0 unspecified atom stereocenters. The Balaban J connectivity index is 0.000000593. The third-order valence-electron chi connectivity index (χ3n) is 2.55. The highest BCUT2D eigenvalue weighted by molar-refractivity contribution is 7.46. The molecule has 0 radical (unpaired) electrons. The minimum absolute atomic E-state index is 0.646. The highest BCUT2D eigenvalue weighted by atomic mass is 31.2. The number of nitrogen functional groups attached to an aromatic ring is 2. The Hall–Kier alpha value is -2.66. The molecular formula is C12H17N2O10P. The number of hydrogen-bond acceptors (Lipinski definition) is 7. The van der Waals surface area contributed by atoms with Crippen molar-refractivity contribution >= 4 is 37.1 Å². The Morgan fingerprint density at radius 3 is 1.52 bits per heavy atom. The van der Waals surface area contributed by atoms with E-state index in [0.29, 0.717) is 11.4 Å². The number of carboxylic acid groups (broad SMARTS) is 3. The van der Waals surface area contributed by atoms with Gasteiger partial charge < -0.3 is 36.6 Å². The van der Waals surface area contributed by atoms with Crippen LogP contribution in [0.5, 0.6) is 0 Å². The average molecular weight is 380 g/mol. The van der Waals surface area contributed by atoms with Gasteiger partial charge in [0.15, 0.2) is 5.60 Å². The summed E-state index contributed by atoms with van der Waals surface area (Å²) in [6.45, 7) is 0. The third kappa shape index (κ3) is 8.67. The number of rotatable bonds is 7. The lowest BCUT2D eigenvalue weighted by molar-refractivity contribution is -0.168. The van der Waals surface area contributed by atoms with Crippen LogP contribution in [-0.2, 0) is 23.5 Å². The largest absolute Gasteiger partial charge is 0.481 e. The number of hydrogen-bond donors (Lipinski definition) is 7. The van der Waals surface area contributed by atoms with E-state index in [2.05, 4.69) is 4.52 Å². The molecule has 0 atom stereocenters. The molecule has 1 aromatic carbocycles. The average Bonchev–Trinajstić information content (AvgIpc) is 2.39. The van der Waals surface area contributed by atoms with E-state index in [9.17, 15) is 18.9 Å². The van der Waals surface area contributed by atoms with Gasteiger partial charge in [-0.15, -0.1) is 0 Å². The van der Waals surface area contributed by atoms with E-state index in [-0.39, 0.29) is 0 Å². The van der Waals surface area contributed by atoms with Crippen molar-refractivity contribution in [2.45, 2.75) is 18.4 Å². The molecule has 0 saturated carbocycles. The first-order valence-electron chi connectivity index (χ1n) is 6.32. The molecule has 9 N–H and O–H groups in total. The number of aliphatic carboxylic acids is 3. The van der Waals surface area contributed by atoms with Gasteiger partial charge >= 0.3 is 25.7 Å². The fourth-order valence-corrected chi connectivity index (χ4v) is 2.21. The van der Waals surface area contributed by atoms with Gasteiger partial charge in [0, 0.05) is 0 Å². The van der Waals surface area contributed by atoms with E-state index in [0.717, 1.165) is 0 Å². The summed E-state index contributed by atoms with van der Waals surface area (Å²) in [5.74, 6) is -5.64. The van der Waals surface area contributed by atoms with Crippen LogP contribution in [-0.4, -0.2) is 48.6 Å². The van der Waals surface area contributed by atoms with E-state index in [1.54, 1.807) is 12.1 Å². The van der Waals surface area contributed by atoms with Crippen LogP contribution in [0.2, 0.25) is 0 Å². The summed E-state index contributed by atoms with van der Waals surface area (Å²) in [4.78, 5) is 48.5. The number of benzene rings is 1. The molecule has 0 amide bonds. The highest BCUT2D eigenvalue weighted by Gasteiger charge is 2.49. The van der Waals surface area contributed by atoms with Gasteiger partial charge in [0.2, 0.25) is 0 Å². The highest BCUT2D eigenvalue weighted by Crippen LogP contribution is 2.44. The van der Waals surface area contributed by atoms with Crippen LogP contribution in [0, 0.1) is 0 Å². The first-order valence-corrected chi connectivity index (χ1v) is 7.85. The van der Waals surface area contributed by atoms with Gasteiger partial charge in [0.05, 0.1) is 24.2 Å². The molecule has 0 aliphatic heterocycles. The van der Waals surface area contributed by atoms with Crippen molar-refractivity contribution in [1.29, 1.82) is 0 Å². The smallest absolute Gasteiger partial charge is 0.470 e. The van der Waals surface area contributed by atoms with Crippen molar-refractivity contribution in [2.24, 2.45) is 0 Å². The molecule has 0 aromatic heterocycles. The molecule has 1 rings (SSSR count). The van der Waals surface area contributed by atoms with Gasteiger partial charge in [-0.05, 0) is 12.1 Å². The van der Waals surface area contributed by atoms with Gasteiger partial charge in [-0.3, -0.25) is 14.1 Å². The van der Waals surface area contributed by atoms with Crippen LogP contribution in [0.15, 0.2) is 24.3 Å². The minimum atomic E-state index is -5.36.